The van der Waals surface area contributed by atoms with Gasteiger partial charge in [0.25, 0.3) is 0 Å². The van der Waals surface area contributed by atoms with E-state index in [2.05, 4.69) is 29.8 Å². The summed E-state index contributed by atoms with van der Waals surface area (Å²) in [5.74, 6) is 0.905. The van der Waals surface area contributed by atoms with Crippen molar-refractivity contribution in [2.24, 2.45) is 0 Å². The zero-order chi connectivity index (χ0) is 11.9. The summed E-state index contributed by atoms with van der Waals surface area (Å²) in [6.07, 6.45) is 0.366. The van der Waals surface area contributed by atoms with Gasteiger partial charge in [0, 0.05) is 15.6 Å². The lowest BCUT2D eigenvalue weighted by Gasteiger charge is -2.22. The lowest BCUT2D eigenvalue weighted by atomic mass is 9.86. The fourth-order valence-corrected chi connectivity index (χ4v) is 3.16. The Hall–Kier alpha value is -0.540. The van der Waals surface area contributed by atoms with Crippen molar-refractivity contribution in [1.82, 2.24) is 0 Å². The molecule has 1 aliphatic rings. The third kappa shape index (κ3) is 1.76. The van der Waals surface area contributed by atoms with Crippen LogP contribution in [0.25, 0.3) is 0 Å². The van der Waals surface area contributed by atoms with E-state index in [0.29, 0.717) is 6.61 Å². The first kappa shape index (κ1) is 11.9. The maximum atomic E-state index is 10.1. The molecule has 0 aliphatic heterocycles. The average Bonchev–Trinajstić information content (AvgIpc) is 2.43. The molecule has 0 bridgehead atoms. The molecule has 88 valence electrons. The molecule has 0 fully saturated rings. The average molecular weight is 285 g/mol. The summed E-state index contributed by atoms with van der Waals surface area (Å²) < 4.78 is 6.63. The van der Waals surface area contributed by atoms with Crippen LogP contribution in [0.2, 0.25) is 0 Å². The fraction of sp³-hybridized carbons (Fsp3) is 0.538. The Morgan fingerprint density at radius 2 is 2.19 bits per heavy atom. The third-order valence-corrected chi connectivity index (χ3v) is 3.86. The molecule has 0 spiro atoms. The highest BCUT2D eigenvalue weighted by atomic mass is 79.9. The molecular weight excluding hydrogens is 268 g/mol. The number of rotatable bonds is 2. The van der Waals surface area contributed by atoms with Gasteiger partial charge in [-0.2, -0.15) is 0 Å². The van der Waals surface area contributed by atoms with Gasteiger partial charge in [-0.3, -0.25) is 0 Å². The van der Waals surface area contributed by atoms with E-state index in [-0.39, 0.29) is 11.5 Å². The molecule has 2 nitrogen and oxygen atoms in total. The van der Waals surface area contributed by atoms with E-state index in [1.54, 1.807) is 0 Å². The molecule has 0 saturated carbocycles. The predicted octanol–water partition coefficient (Wildman–Crippen LogP) is 3.56. The van der Waals surface area contributed by atoms with E-state index < -0.39 is 0 Å². The monoisotopic (exact) mass is 284 g/mol. The van der Waals surface area contributed by atoms with Gasteiger partial charge in [-0.05, 0) is 30.9 Å². The summed E-state index contributed by atoms with van der Waals surface area (Å²) in [4.78, 5) is 0. The van der Waals surface area contributed by atoms with Crippen LogP contribution in [-0.4, -0.2) is 11.7 Å². The quantitative estimate of drug-likeness (QED) is 0.900. The largest absolute Gasteiger partial charge is 0.494 e. The fourth-order valence-electron chi connectivity index (χ4n) is 2.56. The van der Waals surface area contributed by atoms with Crippen molar-refractivity contribution in [1.29, 1.82) is 0 Å². The van der Waals surface area contributed by atoms with Gasteiger partial charge in [0.2, 0.25) is 0 Å². The first-order chi connectivity index (χ1) is 7.47. The lowest BCUT2D eigenvalue weighted by Crippen LogP contribution is -2.14. The van der Waals surface area contributed by atoms with Gasteiger partial charge in [0.15, 0.2) is 0 Å². The highest BCUT2D eigenvalue weighted by Gasteiger charge is 2.39. The second-order valence-electron chi connectivity index (χ2n) is 4.87. The van der Waals surface area contributed by atoms with Gasteiger partial charge in [-0.25, -0.2) is 0 Å². The highest BCUT2D eigenvalue weighted by Crippen LogP contribution is 2.51. The number of hydrogen-bond donors (Lipinski definition) is 1. The predicted molar refractivity (Wildman–Crippen MR) is 67.9 cm³/mol. The number of benzene rings is 1. The minimum Gasteiger partial charge on any atom is -0.494 e. The van der Waals surface area contributed by atoms with Crippen molar-refractivity contribution in [3.63, 3.8) is 0 Å². The van der Waals surface area contributed by atoms with Crippen LogP contribution >= 0.6 is 15.9 Å². The van der Waals surface area contributed by atoms with Gasteiger partial charge in [-0.1, -0.05) is 29.8 Å². The van der Waals surface area contributed by atoms with E-state index in [9.17, 15) is 5.11 Å². The van der Waals surface area contributed by atoms with Gasteiger partial charge in [0.1, 0.15) is 5.75 Å². The van der Waals surface area contributed by atoms with Crippen LogP contribution < -0.4 is 4.74 Å². The Kier molecular flexibility index (Phi) is 3.01. The Morgan fingerprint density at radius 1 is 1.50 bits per heavy atom. The molecular formula is C13H17BrO2. The molecule has 0 aromatic heterocycles. The van der Waals surface area contributed by atoms with Crippen molar-refractivity contribution in [3.8, 4) is 5.75 Å². The first-order valence-corrected chi connectivity index (χ1v) is 6.40. The van der Waals surface area contributed by atoms with Crippen LogP contribution in [0.1, 0.15) is 44.4 Å². The molecule has 0 saturated heterocycles. The molecule has 0 amide bonds. The maximum absolute atomic E-state index is 10.1. The maximum Gasteiger partial charge on any atom is 0.123 e. The number of ether oxygens (including phenoxy) is 1. The van der Waals surface area contributed by atoms with E-state index in [0.717, 1.165) is 27.8 Å². The molecule has 1 aromatic carbocycles. The Labute approximate surface area is 105 Å². The number of halogens is 1. The Balaban J connectivity index is 2.62. The summed E-state index contributed by atoms with van der Waals surface area (Å²) in [5.41, 5.74) is 2.12. The lowest BCUT2D eigenvalue weighted by molar-refractivity contribution is 0.161. The number of aliphatic hydroxyl groups excluding tert-OH is 1. The smallest absolute Gasteiger partial charge is 0.123 e. The summed E-state index contributed by atoms with van der Waals surface area (Å²) in [6, 6.07) is 3.93. The zero-order valence-corrected chi connectivity index (χ0v) is 11.5. The topological polar surface area (TPSA) is 29.5 Å². The van der Waals surface area contributed by atoms with Gasteiger partial charge < -0.3 is 9.84 Å². The van der Waals surface area contributed by atoms with Crippen molar-refractivity contribution in [3.05, 3.63) is 27.7 Å². The minimum atomic E-state index is -0.389. The molecule has 1 N–H and O–H groups in total. The van der Waals surface area contributed by atoms with Crippen LogP contribution in [0, 0.1) is 0 Å². The number of fused-ring (bicyclic) bond motifs is 1. The number of aliphatic hydroxyl groups is 1. The molecule has 16 heavy (non-hydrogen) atoms. The summed E-state index contributed by atoms with van der Waals surface area (Å²) in [5, 5.41) is 10.1. The summed E-state index contributed by atoms with van der Waals surface area (Å²) in [7, 11) is 0. The van der Waals surface area contributed by atoms with Crippen molar-refractivity contribution in [2.75, 3.05) is 6.61 Å². The summed E-state index contributed by atoms with van der Waals surface area (Å²) in [6.45, 7) is 6.93. The molecule has 1 aliphatic carbocycles. The van der Waals surface area contributed by atoms with E-state index in [1.807, 2.05) is 19.1 Å². The summed E-state index contributed by atoms with van der Waals surface area (Å²) >= 11 is 3.51. The highest BCUT2D eigenvalue weighted by molar-refractivity contribution is 9.10. The molecule has 0 heterocycles. The van der Waals surface area contributed by atoms with Gasteiger partial charge in [0.05, 0.1) is 12.7 Å². The molecule has 1 atom stereocenters. The molecule has 2 rings (SSSR count). The van der Waals surface area contributed by atoms with Crippen LogP contribution in [0.4, 0.5) is 0 Å². The standard InChI is InChI=1S/C13H17BrO2/c1-4-16-10-6-5-8(14)11-9(15)7-13(2,3)12(10)11/h5-6,9,15H,4,7H2,1-3H3. The van der Waals surface area contributed by atoms with Gasteiger partial charge in [-0.15, -0.1) is 0 Å². The van der Waals surface area contributed by atoms with E-state index in [4.69, 9.17) is 4.74 Å². The van der Waals surface area contributed by atoms with Crippen molar-refractivity contribution < 1.29 is 9.84 Å². The van der Waals surface area contributed by atoms with E-state index >= 15 is 0 Å². The van der Waals surface area contributed by atoms with Crippen LogP contribution in [0.5, 0.6) is 5.75 Å². The molecule has 1 unspecified atom stereocenters. The minimum absolute atomic E-state index is 0.0248. The third-order valence-electron chi connectivity index (χ3n) is 3.17. The van der Waals surface area contributed by atoms with Crippen LogP contribution in [0.3, 0.4) is 0 Å². The zero-order valence-electron chi connectivity index (χ0n) is 9.88. The first-order valence-electron chi connectivity index (χ1n) is 5.61. The second kappa shape index (κ2) is 4.04. The molecule has 3 heteroatoms. The Morgan fingerprint density at radius 3 is 2.81 bits per heavy atom. The number of hydrogen-bond acceptors (Lipinski definition) is 2. The molecule has 0 radical (unpaired) electrons. The van der Waals surface area contributed by atoms with E-state index in [1.165, 1.54) is 0 Å². The molecule has 1 aromatic rings. The SMILES string of the molecule is CCOc1ccc(Br)c2c1C(C)(C)CC2O. The second-order valence-corrected chi connectivity index (χ2v) is 5.73. The normalized spacial score (nSPS) is 21.9. The van der Waals surface area contributed by atoms with Crippen molar-refractivity contribution in [2.45, 2.75) is 38.7 Å². The van der Waals surface area contributed by atoms with Crippen LogP contribution in [-0.2, 0) is 5.41 Å². The Bertz CT molecular complexity index is 413. The van der Waals surface area contributed by atoms with Gasteiger partial charge >= 0.3 is 0 Å². The van der Waals surface area contributed by atoms with Crippen LogP contribution in [0.15, 0.2) is 16.6 Å². The van der Waals surface area contributed by atoms with Crippen molar-refractivity contribution >= 4 is 15.9 Å².